The molecule has 0 aliphatic carbocycles. The average molecular weight is 307 g/mol. The standard InChI is InChI=1S/C21H25NO/c1-3-20-19(15-23)8-5-9-21(20)18-7-4-6-17(14-18)16-10-12-22(2)13-11-16/h4-9,14-16H,3,10-13H2,1-2H3. The maximum atomic E-state index is 11.3. The largest absolute Gasteiger partial charge is 0.306 e. The van der Waals surface area contributed by atoms with E-state index < -0.39 is 0 Å². The molecule has 23 heavy (non-hydrogen) atoms. The molecule has 120 valence electrons. The Morgan fingerprint density at radius 1 is 1.13 bits per heavy atom. The van der Waals surface area contributed by atoms with Crippen LogP contribution in [0.25, 0.3) is 11.1 Å². The zero-order valence-corrected chi connectivity index (χ0v) is 14.1. The second-order valence-corrected chi connectivity index (χ2v) is 6.55. The van der Waals surface area contributed by atoms with Gasteiger partial charge >= 0.3 is 0 Å². The normalized spacial score (nSPS) is 16.4. The van der Waals surface area contributed by atoms with Gasteiger partial charge in [-0.25, -0.2) is 0 Å². The zero-order chi connectivity index (χ0) is 16.2. The van der Waals surface area contributed by atoms with Gasteiger partial charge in [0.05, 0.1) is 0 Å². The Morgan fingerprint density at radius 2 is 1.87 bits per heavy atom. The number of rotatable bonds is 4. The summed E-state index contributed by atoms with van der Waals surface area (Å²) in [6.45, 7) is 4.47. The quantitative estimate of drug-likeness (QED) is 0.773. The third-order valence-corrected chi connectivity index (χ3v) is 5.08. The monoisotopic (exact) mass is 307 g/mol. The molecule has 3 rings (SSSR count). The summed E-state index contributed by atoms with van der Waals surface area (Å²) in [5.41, 5.74) is 5.85. The maximum Gasteiger partial charge on any atom is 0.150 e. The summed E-state index contributed by atoms with van der Waals surface area (Å²) in [6, 6.07) is 15.0. The number of carbonyl (C=O) groups excluding carboxylic acids is 1. The van der Waals surface area contributed by atoms with Crippen molar-refractivity contribution in [1.82, 2.24) is 4.90 Å². The number of hydrogen-bond acceptors (Lipinski definition) is 2. The summed E-state index contributed by atoms with van der Waals surface area (Å²) in [6.07, 6.45) is 4.32. The van der Waals surface area contributed by atoms with Crippen molar-refractivity contribution in [3.63, 3.8) is 0 Å². The van der Waals surface area contributed by atoms with Crippen molar-refractivity contribution in [2.75, 3.05) is 20.1 Å². The van der Waals surface area contributed by atoms with E-state index >= 15 is 0 Å². The second-order valence-electron chi connectivity index (χ2n) is 6.55. The van der Waals surface area contributed by atoms with Gasteiger partial charge in [-0.1, -0.05) is 49.4 Å². The molecule has 2 aromatic carbocycles. The molecule has 2 heteroatoms. The first kappa shape index (κ1) is 15.9. The summed E-state index contributed by atoms with van der Waals surface area (Å²) in [5.74, 6) is 0.658. The van der Waals surface area contributed by atoms with Crippen LogP contribution in [0.2, 0.25) is 0 Å². The van der Waals surface area contributed by atoms with Crippen molar-refractivity contribution >= 4 is 6.29 Å². The molecule has 0 amide bonds. The van der Waals surface area contributed by atoms with E-state index in [1.54, 1.807) is 0 Å². The molecular weight excluding hydrogens is 282 g/mol. The average Bonchev–Trinajstić information content (AvgIpc) is 2.61. The molecule has 0 radical (unpaired) electrons. The molecule has 0 N–H and O–H groups in total. The fourth-order valence-corrected chi connectivity index (χ4v) is 3.68. The first-order valence-corrected chi connectivity index (χ1v) is 8.59. The minimum absolute atomic E-state index is 0.658. The van der Waals surface area contributed by atoms with Crippen LogP contribution in [0.15, 0.2) is 42.5 Å². The fraction of sp³-hybridized carbons (Fsp3) is 0.381. The lowest BCUT2D eigenvalue weighted by molar-refractivity contribution is 0.112. The zero-order valence-electron chi connectivity index (χ0n) is 14.1. The van der Waals surface area contributed by atoms with Crippen molar-refractivity contribution in [3.05, 3.63) is 59.2 Å². The lowest BCUT2D eigenvalue weighted by Crippen LogP contribution is -2.29. The molecule has 0 aromatic heterocycles. The van der Waals surface area contributed by atoms with Crippen LogP contribution < -0.4 is 0 Å². The van der Waals surface area contributed by atoms with Crippen LogP contribution >= 0.6 is 0 Å². The predicted molar refractivity (Wildman–Crippen MR) is 96.1 cm³/mol. The highest BCUT2D eigenvalue weighted by molar-refractivity contribution is 5.83. The van der Waals surface area contributed by atoms with E-state index in [1.807, 2.05) is 12.1 Å². The molecule has 0 atom stereocenters. The number of nitrogens with zero attached hydrogens (tertiary/aromatic N) is 1. The van der Waals surface area contributed by atoms with E-state index in [-0.39, 0.29) is 0 Å². The molecule has 2 aromatic rings. The molecule has 0 unspecified atom stereocenters. The SMILES string of the molecule is CCc1c(C=O)cccc1-c1cccc(C2CCN(C)CC2)c1. The number of benzene rings is 2. The maximum absolute atomic E-state index is 11.3. The van der Waals surface area contributed by atoms with Gasteiger partial charge in [-0.15, -0.1) is 0 Å². The van der Waals surface area contributed by atoms with Gasteiger partial charge in [-0.05, 0) is 67.6 Å². The summed E-state index contributed by atoms with van der Waals surface area (Å²) in [4.78, 5) is 13.7. The Balaban J connectivity index is 1.96. The van der Waals surface area contributed by atoms with Crippen molar-refractivity contribution in [2.24, 2.45) is 0 Å². The van der Waals surface area contributed by atoms with E-state index in [0.29, 0.717) is 5.92 Å². The van der Waals surface area contributed by atoms with Crippen LogP contribution in [0.5, 0.6) is 0 Å². The van der Waals surface area contributed by atoms with Crippen molar-refractivity contribution in [1.29, 1.82) is 0 Å². The molecule has 0 spiro atoms. The van der Waals surface area contributed by atoms with Gasteiger partial charge in [-0.3, -0.25) is 4.79 Å². The number of aldehydes is 1. The third-order valence-electron chi connectivity index (χ3n) is 5.08. The van der Waals surface area contributed by atoms with E-state index in [4.69, 9.17) is 0 Å². The third kappa shape index (κ3) is 3.37. The molecule has 1 aliphatic heterocycles. The lowest BCUT2D eigenvalue weighted by Gasteiger charge is -2.29. The summed E-state index contributed by atoms with van der Waals surface area (Å²) >= 11 is 0. The number of carbonyl (C=O) groups is 1. The fourth-order valence-electron chi connectivity index (χ4n) is 3.68. The Hall–Kier alpha value is -1.93. The summed E-state index contributed by atoms with van der Waals surface area (Å²) in [7, 11) is 2.20. The highest BCUT2D eigenvalue weighted by Crippen LogP contribution is 2.32. The minimum atomic E-state index is 0.658. The van der Waals surface area contributed by atoms with Gasteiger partial charge in [0, 0.05) is 5.56 Å². The number of hydrogen-bond donors (Lipinski definition) is 0. The topological polar surface area (TPSA) is 20.3 Å². The van der Waals surface area contributed by atoms with E-state index in [1.165, 1.54) is 42.6 Å². The van der Waals surface area contributed by atoms with Crippen LogP contribution in [0, 0.1) is 0 Å². The van der Waals surface area contributed by atoms with Crippen molar-refractivity contribution in [2.45, 2.75) is 32.1 Å². The summed E-state index contributed by atoms with van der Waals surface area (Å²) < 4.78 is 0. The highest BCUT2D eigenvalue weighted by Gasteiger charge is 2.19. The van der Waals surface area contributed by atoms with Crippen molar-refractivity contribution < 1.29 is 4.79 Å². The molecule has 1 saturated heterocycles. The molecule has 0 saturated carbocycles. The molecule has 0 bridgehead atoms. The van der Waals surface area contributed by atoms with E-state index in [0.717, 1.165) is 23.8 Å². The lowest BCUT2D eigenvalue weighted by atomic mass is 9.86. The number of likely N-dealkylation sites (tertiary alicyclic amines) is 1. The molecular formula is C21H25NO. The van der Waals surface area contributed by atoms with Gasteiger partial charge in [0.1, 0.15) is 6.29 Å². The Labute approximate surface area is 139 Å². The Kier molecular flexibility index (Phi) is 4.92. The minimum Gasteiger partial charge on any atom is -0.306 e. The summed E-state index contributed by atoms with van der Waals surface area (Å²) in [5, 5.41) is 0. The smallest absolute Gasteiger partial charge is 0.150 e. The van der Waals surface area contributed by atoms with E-state index in [2.05, 4.69) is 49.2 Å². The van der Waals surface area contributed by atoms with Gasteiger partial charge in [0.2, 0.25) is 0 Å². The number of piperidine rings is 1. The van der Waals surface area contributed by atoms with Crippen LogP contribution in [0.1, 0.15) is 47.2 Å². The first-order chi connectivity index (χ1) is 11.2. The van der Waals surface area contributed by atoms with Gasteiger partial charge < -0.3 is 4.90 Å². The van der Waals surface area contributed by atoms with Crippen LogP contribution in [0.3, 0.4) is 0 Å². The molecule has 1 heterocycles. The molecule has 2 nitrogen and oxygen atoms in total. The van der Waals surface area contributed by atoms with Crippen molar-refractivity contribution in [3.8, 4) is 11.1 Å². The Morgan fingerprint density at radius 3 is 2.57 bits per heavy atom. The Bertz CT molecular complexity index is 684. The molecule has 1 aliphatic rings. The highest BCUT2D eigenvalue weighted by atomic mass is 16.1. The van der Waals surface area contributed by atoms with Gasteiger partial charge in [0.25, 0.3) is 0 Å². The predicted octanol–water partition coefficient (Wildman–Crippen LogP) is 4.54. The second kappa shape index (κ2) is 7.10. The van der Waals surface area contributed by atoms with Crippen LogP contribution in [0.4, 0.5) is 0 Å². The van der Waals surface area contributed by atoms with Gasteiger partial charge in [0.15, 0.2) is 0 Å². The first-order valence-electron chi connectivity index (χ1n) is 8.59. The van der Waals surface area contributed by atoms with Crippen LogP contribution in [-0.4, -0.2) is 31.3 Å². The molecule has 1 fully saturated rings. The van der Waals surface area contributed by atoms with E-state index in [9.17, 15) is 4.79 Å². The van der Waals surface area contributed by atoms with Crippen LogP contribution in [-0.2, 0) is 6.42 Å². The van der Waals surface area contributed by atoms with Gasteiger partial charge in [-0.2, -0.15) is 0 Å².